The molecule has 0 saturated heterocycles. The fourth-order valence-corrected chi connectivity index (χ4v) is 3.98. The second-order valence-electron chi connectivity index (χ2n) is 6.63. The lowest BCUT2D eigenvalue weighted by molar-refractivity contribution is 0.0772. The molecule has 2 heterocycles. The number of carbonyl (C=O) groups excluding carboxylic acids is 1. The van der Waals surface area contributed by atoms with E-state index < -0.39 is 0 Å². The number of amides is 1. The van der Waals surface area contributed by atoms with E-state index in [0.717, 1.165) is 43.6 Å². The van der Waals surface area contributed by atoms with Gasteiger partial charge in [-0.3, -0.25) is 4.79 Å². The van der Waals surface area contributed by atoms with Crippen molar-refractivity contribution in [2.24, 2.45) is 0 Å². The van der Waals surface area contributed by atoms with Gasteiger partial charge in [-0.05, 0) is 66.5 Å². The molecule has 26 heavy (non-hydrogen) atoms. The highest BCUT2D eigenvalue weighted by atomic mass is 32.1. The largest absolute Gasteiger partial charge is 0.493 e. The van der Waals surface area contributed by atoms with Crippen molar-refractivity contribution in [3.8, 4) is 11.5 Å². The lowest BCUT2D eigenvalue weighted by Gasteiger charge is -2.19. The number of rotatable bonds is 9. The monoisotopic (exact) mass is 374 g/mol. The van der Waals surface area contributed by atoms with Crippen LogP contribution in [0.25, 0.3) is 0 Å². The van der Waals surface area contributed by atoms with Crippen LogP contribution in [0.1, 0.15) is 27.9 Å². The van der Waals surface area contributed by atoms with Crippen LogP contribution in [0.15, 0.2) is 29.0 Å². The number of fused-ring (bicyclic) bond motifs is 1. The van der Waals surface area contributed by atoms with E-state index in [4.69, 9.17) is 9.47 Å². The number of nitrogens with zero attached hydrogens (tertiary/aromatic N) is 2. The minimum atomic E-state index is 0.0851. The summed E-state index contributed by atoms with van der Waals surface area (Å²) in [6.45, 7) is 3.43. The van der Waals surface area contributed by atoms with Gasteiger partial charge in [0.25, 0.3) is 5.91 Å². The van der Waals surface area contributed by atoms with Crippen molar-refractivity contribution in [1.29, 1.82) is 0 Å². The first-order chi connectivity index (χ1) is 12.6. The Bertz CT molecular complexity index is 746. The molecule has 0 unspecified atom stereocenters. The van der Waals surface area contributed by atoms with Crippen molar-refractivity contribution < 1.29 is 14.3 Å². The normalized spacial score (nSPS) is 13.4. The molecule has 0 atom stereocenters. The number of methoxy groups -OCH3 is 2. The van der Waals surface area contributed by atoms with Crippen molar-refractivity contribution in [2.45, 2.75) is 19.4 Å². The highest BCUT2D eigenvalue weighted by Gasteiger charge is 2.29. The van der Waals surface area contributed by atoms with Crippen LogP contribution in [-0.2, 0) is 13.0 Å². The molecule has 1 aromatic heterocycles. The number of hydrogen-bond donors (Lipinski definition) is 0. The summed E-state index contributed by atoms with van der Waals surface area (Å²) in [4.78, 5) is 16.9. The molecule has 1 aromatic carbocycles. The van der Waals surface area contributed by atoms with Crippen molar-refractivity contribution in [1.82, 2.24) is 9.80 Å². The van der Waals surface area contributed by atoms with Crippen molar-refractivity contribution in [2.75, 3.05) is 40.9 Å². The van der Waals surface area contributed by atoms with Gasteiger partial charge in [0.15, 0.2) is 11.5 Å². The third kappa shape index (κ3) is 4.19. The molecule has 0 bridgehead atoms. The van der Waals surface area contributed by atoms with Crippen molar-refractivity contribution in [3.05, 3.63) is 45.6 Å². The molecule has 0 spiro atoms. The Hall–Kier alpha value is -2.05. The number of ether oxygens (including phenoxy) is 2. The Kier molecular flexibility index (Phi) is 6.16. The van der Waals surface area contributed by atoms with Gasteiger partial charge in [-0.25, -0.2) is 0 Å². The number of hydrogen-bond acceptors (Lipinski definition) is 5. The van der Waals surface area contributed by atoms with Crippen LogP contribution in [-0.4, -0.2) is 56.6 Å². The average Bonchev–Trinajstić information content (AvgIpc) is 3.27. The summed E-state index contributed by atoms with van der Waals surface area (Å²) >= 11 is 1.74. The zero-order chi connectivity index (χ0) is 18.5. The average molecular weight is 375 g/mol. The molecule has 1 amide bonds. The molecule has 140 valence electrons. The molecule has 1 aliphatic rings. The molecule has 5 nitrogen and oxygen atoms in total. The van der Waals surface area contributed by atoms with Crippen LogP contribution in [0.2, 0.25) is 0 Å². The molecule has 2 aromatic rings. The maximum Gasteiger partial charge on any atom is 0.254 e. The van der Waals surface area contributed by atoms with E-state index in [-0.39, 0.29) is 5.91 Å². The zero-order valence-corrected chi connectivity index (χ0v) is 16.5. The topological polar surface area (TPSA) is 42.0 Å². The van der Waals surface area contributed by atoms with E-state index in [0.29, 0.717) is 18.0 Å². The van der Waals surface area contributed by atoms with Gasteiger partial charge in [-0.15, -0.1) is 0 Å². The quantitative estimate of drug-likeness (QED) is 0.675. The highest BCUT2D eigenvalue weighted by molar-refractivity contribution is 7.07. The Morgan fingerprint density at radius 3 is 2.65 bits per heavy atom. The van der Waals surface area contributed by atoms with Crippen LogP contribution in [0.5, 0.6) is 11.5 Å². The third-order valence-corrected chi connectivity index (χ3v) is 5.55. The van der Waals surface area contributed by atoms with Gasteiger partial charge in [-0.2, -0.15) is 11.3 Å². The Morgan fingerprint density at radius 1 is 1.19 bits per heavy atom. The van der Waals surface area contributed by atoms with E-state index in [1.54, 1.807) is 31.6 Å². The Morgan fingerprint density at radius 2 is 1.96 bits per heavy atom. The number of thiophene rings is 1. The van der Waals surface area contributed by atoms with Crippen molar-refractivity contribution >= 4 is 17.2 Å². The second kappa shape index (κ2) is 8.56. The Labute approximate surface area is 159 Å². The lowest BCUT2D eigenvalue weighted by atomic mass is 10.1. The third-order valence-electron chi connectivity index (χ3n) is 4.82. The Balaban J connectivity index is 1.49. The standard InChI is InChI=1S/C20H26N2O3S/c1-21(9-5-15-6-10-26-14-15)7-4-8-22-13-16-11-18(24-2)19(25-3)12-17(16)20(22)23/h6,10-12,14H,4-5,7-9,13H2,1-3H3. The fourth-order valence-electron chi connectivity index (χ4n) is 3.28. The second-order valence-corrected chi connectivity index (χ2v) is 7.41. The SMILES string of the molecule is COc1cc2c(cc1OC)C(=O)N(CCCN(C)CCc1ccsc1)C2. The first-order valence-electron chi connectivity index (χ1n) is 8.86. The van der Waals surface area contributed by atoms with Gasteiger partial charge in [0.2, 0.25) is 0 Å². The first kappa shape index (κ1) is 18.7. The summed E-state index contributed by atoms with van der Waals surface area (Å²) in [5.74, 6) is 1.37. The molecule has 0 N–H and O–H groups in total. The van der Waals surface area contributed by atoms with Gasteiger partial charge < -0.3 is 19.3 Å². The number of benzene rings is 1. The number of carbonyl (C=O) groups is 1. The minimum absolute atomic E-state index is 0.0851. The van der Waals surface area contributed by atoms with Crippen LogP contribution in [0.4, 0.5) is 0 Å². The summed E-state index contributed by atoms with van der Waals surface area (Å²) in [6, 6.07) is 5.89. The zero-order valence-electron chi connectivity index (χ0n) is 15.7. The molecule has 0 aliphatic carbocycles. The van der Waals surface area contributed by atoms with Crippen LogP contribution in [0, 0.1) is 0 Å². The van der Waals surface area contributed by atoms with E-state index >= 15 is 0 Å². The summed E-state index contributed by atoms with van der Waals surface area (Å²) in [7, 11) is 5.35. The minimum Gasteiger partial charge on any atom is -0.493 e. The maximum atomic E-state index is 12.6. The summed E-state index contributed by atoms with van der Waals surface area (Å²) in [6.07, 6.45) is 2.04. The van der Waals surface area contributed by atoms with Gasteiger partial charge in [0.1, 0.15) is 0 Å². The van der Waals surface area contributed by atoms with Gasteiger partial charge in [-0.1, -0.05) is 0 Å². The summed E-state index contributed by atoms with van der Waals surface area (Å²) < 4.78 is 10.7. The van der Waals surface area contributed by atoms with Crippen molar-refractivity contribution in [3.63, 3.8) is 0 Å². The molecular formula is C20H26N2O3S. The van der Waals surface area contributed by atoms with Crippen LogP contribution < -0.4 is 9.47 Å². The molecular weight excluding hydrogens is 348 g/mol. The fraction of sp³-hybridized carbons (Fsp3) is 0.450. The van der Waals surface area contributed by atoms with E-state index in [1.807, 2.05) is 11.0 Å². The molecule has 3 rings (SSSR count). The van der Waals surface area contributed by atoms with E-state index in [9.17, 15) is 4.79 Å². The molecule has 0 saturated carbocycles. The molecule has 0 radical (unpaired) electrons. The first-order valence-corrected chi connectivity index (χ1v) is 9.80. The smallest absolute Gasteiger partial charge is 0.254 e. The maximum absolute atomic E-state index is 12.6. The molecule has 1 aliphatic heterocycles. The molecule has 0 fully saturated rings. The predicted molar refractivity (Wildman–Crippen MR) is 104 cm³/mol. The van der Waals surface area contributed by atoms with Gasteiger partial charge >= 0.3 is 0 Å². The predicted octanol–water partition coefficient (Wildman–Crippen LogP) is 3.29. The molecule has 6 heteroatoms. The van der Waals surface area contributed by atoms with E-state index in [2.05, 4.69) is 28.8 Å². The van der Waals surface area contributed by atoms with Crippen LogP contribution >= 0.6 is 11.3 Å². The highest BCUT2D eigenvalue weighted by Crippen LogP contribution is 2.34. The summed E-state index contributed by atoms with van der Waals surface area (Å²) in [5.41, 5.74) is 3.14. The van der Waals surface area contributed by atoms with Gasteiger partial charge in [0.05, 0.1) is 14.2 Å². The van der Waals surface area contributed by atoms with Gasteiger partial charge in [0, 0.05) is 25.2 Å². The number of likely N-dealkylation sites (N-methyl/N-ethyl adjacent to an activating group) is 1. The summed E-state index contributed by atoms with van der Waals surface area (Å²) in [5, 5.41) is 4.33. The van der Waals surface area contributed by atoms with Crippen LogP contribution in [0.3, 0.4) is 0 Å². The lowest BCUT2D eigenvalue weighted by Crippen LogP contribution is -2.29. The van der Waals surface area contributed by atoms with E-state index in [1.165, 1.54) is 5.56 Å².